The summed E-state index contributed by atoms with van der Waals surface area (Å²) in [6.07, 6.45) is 5.45. The molecule has 0 spiro atoms. The average Bonchev–Trinajstić information content (AvgIpc) is 2.96. The van der Waals surface area contributed by atoms with Gasteiger partial charge in [0.15, 0.2) is 0 Å². The van der Waals surface area contributed by atoms with Crippen molar-refractivity contribution in [3.63, 3.8) is 0 Å². The summed E-state index contributed by atoms with van der Waals surface area (Å²) in [7, 11) is 0. The van der Waals surface area contributed by atoms with Gasteiger partial charge in [0.2, 0.25) is 0 Å². The molecular weight excluding hydrogens is 240 g/mol. The zero-order chi connectivity index (χ0) is 13.1. The Kier molecular flexibility index (Phi) is 3.46. The highest BCUT2D eigenvalue weighted by Gasteiger charge is 2.19. The fourth-order valence-electron chi connectivity index (χ4n) is 2.47. The van der Waals surface area contributed by atoms with E-state index in [4.69, 9.17) is 0 Å². The molecule has 0 aromatic carbocycles. The number of H-pyrrole nitrogens is 1. The third kappa shape index (κ3) is 2.93. The molecule has 2 aromatic rings. The third-order valence-corrected chi connectivity index (χ3v) is 3.59. The van der Waals surface area contributed by atoms with Gasteiger partial charge in [-0.25, -0.2) is 0 Å². The number of aliphatic hydroxyl groups excluding tert-OH is 1. The molecule has 5 nitrogen and oxygen atoms in total. The Hall–Kier alpha value is -1.88. The van der Waals surface area contributed by atoms with Gasteiger partial charge in [-0.3, -0.25) is 0 Å². The summed E-state index contributed by atoms with van der Waals surface area (Å²) < 4.78 is 0. The van der Waals surface area contributed by atoms with E-state index in [1.54, 1.807) is 0 Å². The fraction of sp³-hybridized carbons (Fsp3) is 0.429. The molecule has 0 atom stereocenters. The van der Waals surface area contributed by atoms with Crippen LogP contribution in [0, 0.1) is 0 Å². The summed E-state index contributed by atoms with van der Waals surface area (Å²) in [5.41, 5.74) is 1.81. The topological polar surface area (TPSA) is 73.8 Å². The second-order valence-corrected chi connectivity index (χ2v) is 5.04. The van der Waals surface area contributed by atoms with E-state index < -0.39 is 0 Å². The molecule has 3 N–H and O–H groups in total. The van der Waals surface area contributed by atoms with Crippen molar-refractivity contribution in [2.45, 2.75) is 37.8 Å². The number of anilines is 1. The first-order valence-electron chi connectivity index (χ1n) is 6.73. The van der Waals surface area contributed by atoms with Gasteiger partial charge in [-0.05, 0) is 49.9 Å². The van der Waals surface area contributed by atoms with Crippen LogP contribution >= 0.6 is 0 Å². The number of aromatic amines is 1. The molecular formula is C14H18N4O. The van der Waals surface area contributed by atoms with Crippen LogP contribution in [0.3, 0.4) is 0 Å². The SMILES string of the molecule is OC1CCC(Nc2ccc(-c3ccc[nH]3)nn2)CC1. The highest BCUT2D eigenvalue weighted by Crippen LogP contribution is 2.22. The van der Waals surface area contributed by atoms with E-state index in [1.165, 1.54) is 0 Å². The number of aromatic nitrogens is 3. The number of rotatable bonds is 3. The molecule has 100 valence electrons. The minimum absolute atomic E-state index is 0.126. The molecule has 1 saturated carbocycles. The molecule has 5 heteroatoms. The molecule has 19 heavy (non-hydrogen) atoms. The van der Waals surface area contributed by atoms with Crippen molar-refractivity contribution in [1.29, 1.82) is 0 Å². The number of nitrogens with zero attached hydrogens (tertiary/aromatic N) is 2. The zero-order valence-electron chi connectivity index (χ0n) is 10.7. The van der Waals surface area contributed by atoms with Gasteiger partial charge in [0.1, 0.15) is 11.5 Å². The summed E-state index contributed by atoms with van der Waals surface area (Å²) in [4.78, 5) is 3.11. The van der Waals surface area contributed by atoms with Crippen LogP contribution < -0.4 is 5.32 Å². The van der Waals surface area contributed by atoms with E-state index in [0.717, 1.165) is 42.9 Å². The lowest BCUT2D eigenvalue weighted by atomic mass is 9.93. The minimum atomic E-state index is -0.126. The van der Waals surface area contributed by atoms with Crippen LogP contribution in [0.25, 0.3) is 11.4 Å². The van der Waals surface area contributed by atoms with Crippen LogP contribution in [0.4, 0.5) is 5.82 Å². The molecule has 1 aliphatic rings. The van der Waals surface area contributed by atoms with Crippen molar-refractivity contribution in [2.75, 3.05) is 5.32 Å². The molecule has 2 heterocycles. The number of hydrogen-bond donors (Lipinski definition) is 3. The van der Waals surface area contributed by atoms with Crippen molar-refractivity contribution in [1.82, 2.24) is 15.2 Å². The van der Waals surface area contributed by atoms with E-state index in [9.17, 15) is 5.11 Å². The summed E-state index contributed by atoms with van der Waals surface area (Å²) >= 11 is 0. The Balaban J connectivity index is 1.63. The summed E-state index contributed by atoms with van der Waals surface area (Å²) in [5.74, 6) is 0.802. The lowest BCUT2D eigenvalue weighted by Crippen LogP contribution is -2.28. The van der Waals surface area contributed by atoms with Crippen LogP contribution in [-0.2, 0) is 0 Å². The molecule has 3 rings (SSSR count). The van der Waals surface area contributed by atoms with Crippen molar-refractivity contribution >= 4 is 5.82 Å². The highest BCUT2D eigenvalue weighted by molar-refractivity contribution is 5.54. The van der Waals surface area contributed by atoms with Gasteiger partial charge in [0.25, 0.3) is 0 Å². The van der Waals surface area contributed by atoms with Gasteiger partial charge in [0, 0.05) is 12.2 Å². The van der Waals surface area contributed by atoms with E-state index in [-0.39, 0.29) is 6.10 Å². The smallest absolute Gasteiger partial charge is 0.148 e. The Bertz CT molecular complexity index is 501. The van der Waals surface area contributed by atoms with Gasteiger partial charge in [0.05, 0.1) is 11.8 Å². The normalized spacial score (nSPS) is 23.2. The lowest BCUT2D eigenvalue weighted by Gasteiger charge is -2.26. The number of aliphatic hydroxyl groups is 1. The van der Waals surface area contributed by atoms with Crippen molar-refractivity contribution < 1.29 is 5.11 Å². The quantitative estimate of drug-likeness (QED) is 0.789. The van der Waals surface area contributed by atoms with Gasteiger partial charge in [-0.2, -0.15) is 0 Å². The van der Waals surface area contributed by atoms with Crippen LogP contribution in [0.5, 0.6) is 0 Å². The van der Waals surface area contributed by atoms with Crippen molar-refractivity contribution in [3.8, 4) is 11.4 Å². The first-order valence-corrected chi connectivity index (χ1v) is 6.73. The number of nitrogens with one attached hydrogen (secondary N) is 2. The van der Waals surface area contributed by atoms with Crippen molar-refractivity contribution in [2.24, 2.45) is 0 Å². The predicted octanol–water partition coefficient (Wildman–Crippen LogP) is 2.19. The number of hydrogen-bond acceptors (Lipinski definition) is 4. The van der Waals surface area contributed by atoms with Crippen LogP contribution in [0.15, 0.2) is 30.5 Å². The molecule has 0 aliphatic heterocycles. The van der Waals surface area contributed by atoms with E-state index in [1.807, 2.05) is 30.5 Å². The maximum Gasteiger partial charge on any atom is 0.148 e. The van der Waals surface area contributed by atoms with E-state index in [2.05, 4.69) is 20.5 Å². The minimum Gasteiger partial charge on any atom is -0.393 e. The van der Waals surface area contributed by atoms with Gasteiger partial charge < -0.3 is 15.4 Å². The molecule has 0 unspecified atom stereocenters. The van der Waals surface area contributed by atoms with Crippen LogP contribution in [0.2, 0.25) is 0 Å². The Morgan fingerprint density at radius 3 is 2.58 bits per heavy atom. The molecule has 2 aromatic heterocycles. The van der Waals surface area contributed by atoms with Crippen molar-refractivity contribution in [3.05, 3.63) is 30.5 Å². The predicted molar refractivity (Wildman–Crippen MR) is 73.7 cm³/mol. The second kappa shape index (κ2) is 5.40. The summed E-state index contributed by atoms with van der Waals surface area (Å²) in [6.45, 7) is 0. The molecule has 1 fully saturated rings. The fourth-order valence-corrected chi connectivity index (χ4v) is 2.47. The average molecular weight is 258 g/mol. The summed E-state index contributed by atoms with van der Waals surface area (Å²) in [5, 5.41) is 21.3. The maximum absolute atomic E-state index is 9.48. The second-order valence-electron chi connectivity index (χ2n) is 5.04. The Morgan fingerprint density at radius 2 is 1.95 bits per heavy atom. The van der Waals surface area contributed by atoms with Gasteiger partial charge in [-0.15, -0.1) is 10.2 Å². The molecule has 0 amide bonds. The zero-order valence-corrected chi connectivity index (χ0v) is 10.7. The van der Waals surface area contributed by atoms with E-state index in [0.29, 0.717) is 6.04 Å². The molecule has 0 saturated heterocycles. The van der Waals surface area contributed by atoms with E-state index >= 15 is 0 Å². The largest absolute Gasteiger partial charge is 0.393 e. The first-order chi connectivity index (χ1) is 9.31. The monoisotopic (exact) mass is 258 g/mol. The maximum atomic E-state index is 9.48. The summed E-state index contributed by atoms with van der Waals surface area (Å²) in [6, 6.07) is 8.22. The Morgan fingerprint density at radius 1 is 1.11 bits per heavy atom. The highest BCUT2D eigenvalue weighted by atomic mass is 16.3. The molecule has 0 bridgehead atoms. The standard InChI is InChI=1S/C14H18N4O/c19-11-5-3-10(4-6-11)16-14-8-7-13(17-18-14)12-2-1-9-15-12/h1-2,7-11,15,19H,3-6H2,(H,16,18). The first kappa shape index (κ1) is 12.2. The molecule has 0 radical (unpaired) electrons. The molecule has 1 aliphatic carbocycles. The Labute approximate surface area is 112 Å². The van der Waals surface area contributed by atoms with Crippen LogP contribution in [0.1, 0.15) is 25.7 Å². The van der Waals surface area contributed by atoms with Gasteiger partial charge >= 0.3 is 0 Å². The van der Waals surface area contributed by atoms with Gasteiger partial charge in [-0.1, -0.05) is 0 Å². The van der Waals surface area contributed by atoms with Crippen LogP contribution in [-0.4, -0.2) is 32.4 Å². The lowest BCUT2D eigenvalue weighted by molar-refractivity contribution is 0.126. The third-order valence-electron chi connectivity index (χ3n) is 3.59.